The van der Waals surface area contributed by atoms with Crippen LogP contribution in [0, 0.1) is 11.8 Å². The normalized spacial score (nSPS) is 20.4. The average Bonchev–Trinajstić information content (AvgIpc) is 2.88. The molecule has 0 radical (unpaired) electrons. The smallest absolute Gasteiger partial charge is 0.226 e. The molecule has 1 aromatic rings. The van der Waals surface area contributed by atoms with Crippen LogP contribution in [0.2, 0.25) is 5.02 Å². The highest BCUT2D eigenvalue weighted by molar-refractivity contribution is 6.30. The van der Waals surface area contributed by atoms with Crippen molar-refractivity contribution in [1.82, 2.24) is 10.6 Å². The molecule has 1 amide bonds. The predicted molar refractivity (Wildman–Crippen MR) is 87.9 cm³/mol. The quantitative estimate of drug-likeness (QED) is 0.890. The Morgan fingerprint density at radius 1 is 1.19 bits per heavy atom. The summed E-state index contributed by atoms with van der Waals surface area (Å²) in [6.45, 7) is 1.62. The van der Waals surface area contributed by atoms with Crippen molar-refractivity contribution in [3.63, 3.8) is 0 Å². The molecule has 2 fully saturated rings. The molecule has 3 nitrogen and oxygen atoms in total. The Hall–Kier alpha value is -0.770. The van der Waals surface area contributed by atoms with Gasteiger partial charge in [-0.2, -0.15) is 0 Å². The van der Waals surface area contributed by atoms with Crippen molar-refractivity contribution in [2.45, 2.75) is 31.7 Å². The van der Waals surface area contributed by atoms with Gasteiger partial charge in [0.15, 0.2) is 0 Å². The molecule has 116 valence electrons. The standard InChI is InChI=1S/C16H21ClN2O.ClH/c17-14-7-5-12(6-8-14)15(11-3-1-2-4-11)19-16(20)13-9-18-10-13;/h5-8,11,13,15,18H,1-4,9-10H2,(H,19,20);1H. The van der Waals surface area contributed by atoms with Crippen molar-refractivity contribution in [1.29, 1.82) is 0 Å². The number of halogens is 2. The number of carbonyl (C=O) groups is 1. The SMILES string of the molecule is Cl.O=C(NC(c1ccc(Cl)cc1)C1CCCC1)C1CNC1. The highest BCUT2D eigenvalue weighted by atomic mass is 35.5. The summed E-state index contributed by atoms with van der Waals surface area (Å²) in [5, 5.41) is 7.17. The van der Waals surface area contributed by atoms with Gasteiger partial charge in [0.05, 0.1) is 12.0 Å². The highest BCUT2D eigenvalue weighted by Crippen LogP contribution is 2.36. The number of hydrogen-bond donors (Lipinski definition) is 2. The molecule has 1 aliphatic heterocycles. The van der Waals surface area contributed by atoms with E-state index in [0.29, 0.717) is 5.92 Å². The van der Waals surface area contributed by atoms with Gasteiger partial charge in [0.1, 0.15) is 0 Å². The largest absolute Gasteiger partial charge is 0.349 e. The van der Waals surface area contributed by atoms with E-state index in [9.17, 15) is 4.79 Å². The molecule has 1 aromatic carbocycles. The van der Waals surface area contributed by atoms with Crippen molar-refractivity contribution in [2.24, 2.45) is 11.8 Å². The number of nitrogens with one attached hydrogen (secondary N) is 2. The van der Waals surface area contributed by atoms with Crippen LogP contribution in [-0.4, -0.2) is 19.0 Å². The third-order valence-electron chi connectivity index (χ3n) is 4.55. The molecular weight excluding hydrogens is 307 g/mol. The molecule has 2 aliphatic rings. The van der Waals surface area contributed by atoms with Gasteiger partial charge < -0.3 is 10.6 Å². The van der Waals surface area contributed by atoms with Crippen LogP contribution < -0.4 is 10.6 Å². The summed E-state index contributed by atoms with van der Waals surface area (Å²) >= 11 is 5.97. The summed E-state index contributed by atoms with van der Waals surface area (Å²) in [5.74, 6) is 0.898. The van der Waals surface area contributed by atoms with Crippen LogP contribution in [-0.2, 0) is 4.79 Å². The van der Waals surface area contributed by atoms with Crippen molar-refractivity contribution in [3.8, 4) is 0 Å². The second kappa shape index (κ2) is 7.48. The van der Waals surface area contributed by atoms with Gasteiger partial charge in [-0.15, -0.1) is 12.4 Å². The molecule has 2 N–H and O–H groups in total. The Bertz CT molecular complexity index is 468. The topological polar surface area (TPSA) is 41.1 Å². The Balaban J connectivity index is 0.00000161. The van der Waals surface area contributed by atoms with E-state index in [1.807, 2.05) is 24.3 Å². The lowest BCUT2D eigenvalue weighted by Gasteiger charge is -2.31. The van der Waals surface area contributed by atoms with E-state index < -0.39 is 0 Å². The van der Waals surface area contributed by atoms with E-state index in [0.717, 1.165) is 18.1 Å². The average molecular weight is 329 g/mol. The van der Waals surface area contributed by atoms with E-state index in [1.165, 1.54) is 31.2 Å². The first-order valence-electron chi connectivity index (χ1n) is 7.50. The third-order valence-corrected chi connectivity index (χ3v) is 4.80. The van der Waals surface area contributed by atoms with Gasteiger partial charge in [-0.05, 0) is 36.5 Å². The van der Waals surface area contributed by atoms with Crippen LogP contribution in [0.3, 0.4) is 0 Å². The summed E-state index contributed by atoms with van der Waals surface area (Å²) < 4.78 is 0. The highest BCUT2D eigenvalue weighted by Gasteiger charge is 2.31. The molecule has 1 saturated heterocycles. The maximum absolute atomic E-state index is 12.3. The second-order valence-electron chi connectivity index (χ2n) is 5.94. The first-order valence-corrected chi connectivity index (χ1v) is 7.88. The van der Waals surface area contributed by atoms with Gasteiger partial charge in [-0.1, -0.05) is 36.6 Å². The van der Waals surface area contributed by atoms with Crippen molar-refractivity contribution < 1.29 is 4.79 Å². The monoisotopic (exact) mass is 328 g/mol. The zero-order chi connectivity index (χ0) is 13.9. The molecule has 0 aromatic heterocycles. The molecule has 21 heavy (non-hydrogen) atoms. The van der Waals surface area contributed by atoms with E-state index in [-0.39, 0.29) is 30.3 Å². The summed E-state index contributed by atoms with van der Waals surface area (Å²) in [7, 11) is 0. The summed E-state index contributed by atoms with van der Waals surface area (Å²) in [6, 6.07) is 8.06. The van der Waals surface area contributed by atoms with Gasteiger partial charge in [0, 0.05) is 18.1 Å². The second-order valence-corrected chi connectivity index (χ2v) is 6.37. The maximum Gasteiger partial charge on any atom is 0.226 e. The lowest BCUT2D eigenvalue weighted by atomic mass is 9.90. The Morgan fingerprint density at radius 3 is 2.33 bits per heavy atom. The Morgan fingerprint density at radius 2 is 1.81 bits per heavy atom. The van der Waals surface area contributed by atoms with Gasteiger partial charge in [0.2, 0.25) is 5.91 Å². The Labute approximate surface area is 137 Å². The van der Waals surface area contributed by atoms with Gasteiger partial charge in [-0.3, -0.25) is 4.79 Å². The van der Waals surface area contributed by atoms with Crippen LogP contribution in [0.4, 0.5) is 0 Å². The predicted octanol–water partition coefficient (Wildman–Crippen LogP) is 3.33. The maximum atomic E-state index is 12.3. The summed E-state index contributed by atoms with van der Waals surface area (Å²) in [6.07, 6.45) is 4.96. The minimum Gasteiger partial charge on any atom is -0.349 e. The van der Waals surface area contributed by atoms with E-state index in [1.54, 1.807) is 0 Å². The van der Waals surface area contributed by atoms with Crippen LogP contribution >= 0.6 is 24.0 Å². The Kier molecular flexibility index (Phi) is 5.91. The minimum absolute atomic E-state index is 0. The molecule has 0 spiro atoms. The number of carbonyl (C=O) groups excluding carboxylic acids is 1. The molecular formula is C16H22Cl2N2O. The van der Waals surface area contributed by atoms with E-state index >= 15 is 0 Å². The lowest BCUT2D eigenvalue weighted by molar-refractivity contribution is -0.127. The minimum atomic E-state index is 0. The lowest BCUT2D eigenvalue weighted by Crippen LogP contribution is -2.51. The molecule has 1 unspecified atom stereocenters. The van der Waals surface area contributed by atoms with Crippen LogP contribution in [0.15, 0.2) is 24.3 Å². The zero-order valence-corrected chi connectivity index (χ0v) is 13.6. The van der Waals surface area contributed by atoms with E-state index in [4.69, 9.17) is 11.6 Å². The first-order chi connectivity index (χ1) is 9.74. The summed E-state index contributed by atoms with van der Waals surface area (Å²) in [5.41, 5.74) is 1.18. The fourth-order valence-corrected chi connectivity index (χ4v) is 3.31. The molecule has 1 saturated carbocycles. The van der Waals surface area contributed by atoms with Crippen molar-refractivity contribution in [3.05, 3.63) is 34.9 Å². The summed E-state index contributed by atoms with van der Waals surface area (Å²) in [4.78, 5) is 12.3. The number of rotatable bonds is 4. The van der Waals surface area contributed by atoms with Crippen LogP contribution in [0.1, 0.15) is 37.3 Å². The molecule has 5 heteroatoms. The number of hydrogen-bond acceptors (Lipinski definition) is 2. The third kappa shape index (κ3) is 3.91. The molecule has 1 aliphatic carbocycles. The molecule has 0 bridgehead atoms. The number of amides is 1. The molecule has 1 atom stereocenters. The van der Waals surface area contributed by atoms with Crippen LogP contribution in [0.25, 0.3) is 0 Å². The van der Waals surface area contributed by atoms with Gasteiger partial charge in [0.25, 0.3) is 0 Å². The molecule has 3 rings (SSSR count). The number of benzene rings is 1. The van der Waals surface area contributed by atoms with Crippen LogP contribution in [0.5, 0.6) is 0 Å². The van der Waals surface area contributed by atoms with E-state index in [2.05, 4.69) is 10.6 Å². The zero-order valence-electron chi connectivity index (χ0n) is 12.0. The van der Waals surface area contributed by atoms with Crippen molar-refractivity contribution >= 4 is 29.9 Å². The fraction of sp³-hybridized carbons (Fsp3) is 0.562. The first kappa shape index (κ1) is 16.6. The molecule has 1 heterocycles. The van der Waals surface area contributed by atoms with Gasteiger partial charge >= 0.3 is 0 Å². The fourth-order valence-electron chi connectivity index (χ4n) is 3.18. The van der Waals surface area contributed by atoms with Crippen molar-refractivity contribution in [2.75, 3.05) is 13.1 Å². The van der Waals surface area contributed by atoms with Gasteiger partial charge in [-0.25, -0.2) is 0 Å².